The van der Waals surface area contributed by atoms with Crippen LogP contribution in [0.2, 0.25) is 0 Å². The van der Waals surface area contributed by atoms with Crippen molar-refractivity contribution in [1.29, 1.82) is 0 Å². The van der Waals surface area contributed by atoms with Crippen LogP contribution in [0.1, 0.15) is 28.1 Å². The van der Waals surface area contributed by atoms with E-state index in [-0.39, 0.29) is 12.3 Å². The summed E-state index contributed by atoms with van der Waals surface area (Å²) in [5.74, 6) is 0.105. The van der Waals surface area contributed by atoms with Crippen molar-refractivity contribution in [2.24, 2.45) is 0 Å². The molecule has 0 bridgehead atoms. The van der Waals surface area contributed by atoms with Gasteiger partial charge in [0.15, 0.2) is 0 Å². The number of rotatable bonds is 9. The van der Waals surface area contributed by atoms with Gasteiger partial charge in [0.2, 0.25) is 5.91 Å². The summed E-state index contributed by atoms with van der Waals surface area (Å²) in [4.78, 5) is 34.6. The van der Waals surface area contributed by atoms with Crippen molar-refractivity contribution in [2.45, 2.75) is 24.8 Å². The summed E-state index contributed by atoms with van der Waals surface area (Å²) in [5.41, 5.74) is 4.43. The van der Waals surface area contributed by atoms with Crippen molar-refractivity contribution in [1.82, 2.24) is 9.97 Å². The Kier molecular flexibility index (Phi) is 8.43. The second kappa shape index (κ2) is 11.5. The smallest absolute Gasteiger partial charge is 0.308 e. The summed E-state index contributed by atoms with van der Waals surface area (Å²) >= 11 is 1.41. The predicted molar refractivity (Wildman–Crippen MR) is 138 cm³/mol. The summed E-state index contributed by atoms with van der Waals surface area (Å²) < 4.78 is 0. The van der Waals surface area contributed by atoms with Gasteiger partial charge in [0.1, 0.15) is 16.7 Å². The lowest BCUT2D eigenvalue weighted by Gasteiger charge is -2.18. The van der Waals surface area contributed by atoms with Crippen LogP contribution >= 0.6 is 11.8 Å². The molecule has 3 rings (SSSR count). The first-order chi connectivity index (χ1) is 16.2. The Morgan fingerprint density at radius 3 is 2.32 bits per heavy atom. The van der Waals surface area contributed by atoms with Gasteiger partial charge < -0.3 is 15.3 Å². The molecule has 0 saturated heterocycles. The molecule has 0 aliphatic rings. The quantitative estimate of drug-likeness (QED) is 0.268. The van der Waals surface area contributed by atoms with Crippen LogP contribution in [-0.2, 0) is 22.4 Å². The first kappa shape index (κ1) is 25.0. The zero-order valence-corrected chi connectivity index (χ0v) is 20.5. The van der Waals surface area contributed by atoms with E-state index in [1.54, 1.807) is 6.08 Å². The van der Waals surface area contributed by atoms with Gasteiger partial charge >= 0.3 is 5.97 Å². The van der Waals surface area contributed by atoms with Gasteiger partial charge in [-0.05, 0) is 42.5 Å². The second-order valence-electron chi connectivity index (χ2n) is 8.02. The Bertz CT molecular complexity index is 1190. The number of amides is 1. The molecule has 1 heterocycles. The van der Waals surface area contributed by atoms with Gasteiger partial charge in [0.05, 0.1) is 6.42 Å². The van der Waals surface area contributed by atoms with E-state index >= 15 is 0 Å². The van der Waals surface area contributed by atoms with Gasteiger partial charge in [-0.15, -0.1) is 11.8 Å². The number of hydrogen-bond acceptors (Lipinski definition) is 6. The minimum absolute atomic E-state index is 0.128. The van der Waals surface area contributed by atoms with Crippen molar-refractivity contribution in [3.63, 3.8) is 0 Å². The van der Waals surface area contributed by atoms with Crippen molar-refractivity contribution in [3.8, 4) is 0 Å². The second-order valence-corrected chi connectivity index (χ2v) is 8.82. The number of thioether (sulfide) groups is 1. The molecule has 34 heavy (non-hydrogen) atoms. The lowest BCUT2D eigenvalue weighted by molar-refractivity contribution is -0.136. The van der Waals surface area contributed by atoms with Gasteiger partial charge in [-0.1, -0.05) is 42.0 Å². The number of carboxylic acid groups (broad SMARTS) is 1. The van der Waals surface area contributed by atoms with Gasteiger partial charge in [0.25, 0.3) is 0 Å². The molecular formula is C26H28N4O3S. The zero-order valence-electron chi connectivity index (χ0n) is 19.7. The molecule has 0 atom stereocenters. The van der Waals surface area contributed by atoms with E-state index in [1.165, 1.54) is 23.4 Å². The number of hydrogen-bond donors (Lipinski definition) is 2. The number of anilines is 2. The summed E-state index contributed by atoms with van der Waals surface area (Å²) in [7, 11) is 3.68. The van der Waals surface area contributed by atoms with Gasteiger partial charge in [-0.25, -0.2) is 9.97 Å². The largest absolute Gasteiger partial charge is 0.481 e. The molecule has 0 unspecified atom stereocenters. The SMILES string of the molecule is CSc1nc(Cc2ccc(NC(=O)/C=C/c3ccc(C)cc3)cc2)nc(N(C)C)c1CC(=O)O. The summed E-state index contributed by atoms with van der Waals surface area (Å²) in [6, 6.07) is 15.5. The highest BCUT2D eigenvalue weighted by Crippen LogP contribution is 2.27. The lowest BCUT2D eigenvalue weighted by atomic mass is 10.1. The van der Waals surface area contributed by atoms with E-state index in [4.69, 9.17) is 0 Å². The monoisotopic (exact) mass is 476 g/mol. The number of carboxylic acids is 1. The Balaban J connectivity index is 1.70. The number of aliphatic carboxylic acids is 1. The molecule has 0 aliphatic heterocycles. The third kappa shape index (κ3) is 6.92. The minimum Gasteiger partial charge on any atom is -0.481 e. The van der Waals surface area contributed by atoms with Crippen LogP contribution in [-0.4, -0.2) is 47.3 Å². The third-order valence-electron chi connectivity index (χ3n) is 5.03. The van der Waals surface area contributed by atoms with Crippen LogP contribution in [0.4, 0.5) is 11.5 Å². The standard InChI is InChI=1S/C26H28N4O3S/c1-17-5-7-18(8-6-17)11-14-23(31)27-20-12-9-19(10-13-20)15-22-28-25(30(2)3)21(16-24(32)33)26(29-22)34-4/h5-14H,15-16H2,1-4H3,(H,27,31)(H,32,33)/b14-11+. The van der Waals surface area contributed by atoms with Crippen LogP contribution in [0, 0.1) is 6.92 Å². The Morgan fingerprint density at radius 2 is 1.74 bits per heavy atom. The predicted octanol–water partition coefficient (Wildman–Crippen LogP) is 4.44. The van der Waals surface area contributed by atoms with Crippen LogP contribution in [0.25, 0.3) is 6.08 Å². The number of aromatic nitrogens is 2. The average molecular weight is 477 g/mol. The summed E-state index contributed by atoms with van der Waals surface area (Å²) in [5, 5.41) is 12.8. The number of carbonyl (C=O) groups excluding carboxylic acids is 1. The van der Waals surface area contributed by atoms with Crippen LogP contribution in [0.15, 0.2) is 59.6 Å². The summed E-state index contributed by atoms with van der Waals surface area (Å²) in [6.45, 7) is 2.02. The molecule has 8 heteroatoms. The number of nitrogens with one attached hydrogen (secondary N) is 1. The normalized spacial score (nSPS) is 10.9. The Labute approximate surface area is 203 Å². The zero-order chi connectivity index (χ0) is 24.7. The lowest BCUT2D eigenvalue weighted by Crippen LogP contribution is -2.18. The van der Waals surface area contributed by atoms with E-state index < -0.39 is 5.97 Å². The first-order valence-corrected chi connectivity index (χ1v) is 11.9. The fraction of sp³-hybridized carbons (Fsp3) is 0.231. The fourth-order valence-electron chi connectivity index (χ4n) is 3.34. The van der Waals surface area contributed by atoms with Crippen LogP contribution in [0.3, 0.4) is 0 Å². The molecule has 0 spiro atoms. The first-order valence-electron chi connectivity index (χ1n) is 10.7. The van der Waals surface area contributed by atoms with Crippen LogP contribution in [0.5, 0.6) is 0 Å². The van der Waals surface area contributed by atoms with Gasteiger partial charge in [-0.3, -0.25) is 9.59 Å². The highest BCUT2D eigenvalue weighted by Gasteiger charge is 2.18. The fourth-order valence-corrected chi connectivity index (χ4v) is 3.95. The highest BCUT2D eigenvalue weighted by atomic mass is 32.2. The van der Waals surface area contributed by atoms with Crippen molar-refractivity contribution >= 4 is 41.2 Å². The molecule has 176 valence electrons. The number of benzene rings is 2. The average Bonchev–Trinajstić information content (AvgIpc) is 2.80. The van der Waals surface area contributed by atoms with E-state index in [0.717, 1.165) is 11.1 Å². The molecule has 0 radical (unpaired) electrons. The number of carbonyl (C=O) groups is 2. The molecular weight excluding hydrogens is 448 g/mol. The molecule has 2 aromatic carbocycles. The molecule has 0 fully saturated rings. The Hall–Kier alpha value is -3.65. The maximum Gasteiger partial charge on any atom is 0.308 e. The topological polar surface area (TPSA) is 95.4 Å². The minimum atomic E-state index is -0.916. The molecule has 1 amide bonds. The van der Waals surface area contributed by atoms with E-state index in [0.29, 0.717) is 34.3 Å². The van der Waals surface area contributed by atoms with Crippen molar-refractivity contribution in [3.05, 3.63) is 82.7 Å². The summed E-state index contributed by atoms with van der Waals surface area (Å²) in [6.07, 6.45) is 5.53. The highest BCUT2D eigenvalue weighted by molar-refractivity contribution is 7.98. The number of aryl methyl sites for hydroxylation is 1. The van der Waals surface area contributed by atoms with Gasteiger partial charge in [-0.2, -0.15) is 0 Å². The van der Waals surface area contributed by atoms with Gasteiger partial charge in [0, 0.05) is 37.8 Å². The van der Waals surface area contributed by atoms with Crippen molar-refractivity contribution < 1.29 is 14.7 Å². The Morgan fingerprint density at radius 1 is 1.06 bits per heavy atom. The van der Waals surface area contributed by atoms with Crippen LogP contribution < -0.4 is 10.2 Å². The number of nitrogens with zero attached hydrogens (tertiary/aromatic N) is 3. The molecule has 2 N–H and O–H groups in total. The third-order valence-corrected chi connectivity index (χ3v) is 5.75. The molecule has 1 aromatic heterocycles. The molecule has 0 aliphatic carbocycles. The van der Waals surface area contributed by atoms with E-state index in [9.17, 15) is 14.7 Å². The maximum absolute atomic E-state index is 12.2. The molecule has 3 aromatic rings. The van der Waals surface area contributed by atoms with Crippen molar-refractivity contribution in [2.75, 3.05) is 30.6 Å². The maximum atomic E-state index is 12.2. The molecule has 7 nitrogen and oxygen atoms in total. The van der Waals surface area contributed by atoms with E-state index in [2.05, 4.69) is 15.3 Å². The molecule has 0 saturated carbocycles. The van der Waals surface area contributed by atoms with E-state index in [1.807, 2.05) is 80.7 Å².